The highest BCUT2D eigenvalue weighted by Crippen LogP contribution is 2.19. The zero-order valence-electron chi connectivity index (χ0n) is 11.3. The standard InChI is InChI=1S/C15H17N3O2/c1-18(10-12-5-4-8-17-9-12)15(19)11-20-14-7-3-2-6-13(14)16/h2-9H,10-11,16H2,1H3. The Labute approximate surface area is 118 Å². The van der Waals surface area contributed by atoms with E-state index in [2.05, 4.69) is 4.98 Å². The Morgan fingerprint density at radius 2 is 2.10 bits per heavy atom. The fourth-order valence-electron chi connectivity index (χ4n) is 1.72. The molecular formula is C15H17N3O2. The smallest absolute Gasteiger partial charge is 0.260 e. The third-order valence-electron chi connectivity index (χ3n) is 2.84. The molecule has 0 unspecified atom stereocenters. The van der Waals surface area contributed by atoms with Crippen molar-refractivity contribution in [3.8, 4) is 5.75 Å². The number of rotatable bonds is 5. The van der Waals surface area contributed by atoms with E-state index in [4.69, 9.17) is 10.5 Å². The molecule has 2 N–H and O–H groups in total. The van der Waals surface area contributed by atoms with Crippen molar-refractivity contribution in [1.82, 2.24) is 9.88 Å². The number of ether oxygens (including phenoxy) is 1. The molecule has 0 aliphatic heterocycles. The van der Waals surface area contributed by atoms with Crippen molar-refractivity contribution >= 4 is 11.6 Å². The molecule has 1 aromatic carbocycles. The van der Waals surface area contributed by atoms with Crippen molar-refractivity contribution in [2.75, 3.05) is 19.4 Å². The molecule has 0 aliphatic rings. The number of hydrogen-bond acceptors (Lipinski definition) is 4. The predicted octanol–water partition coefficient (Wildman–Crippen LogP) is 1.70. The van der Waals surface area contributed by atoms with Crippen molar-refractivity contribution in [3.63, 3.8) is 0 Å². The van der Waals surface area contributed by atoms with Gasteiger partial charge in [-0.05, 0) is 23.8 Å². The van der Waals surface area contributed by atoms with Crippen LogP contribution in [0.4, 0.5) is 5.69 Å². The summed E-state index contributed by atoms with van der Waals surface area (Å²) in [5.41, 5.74) is 7.25. The van der Waals surface area contributed by atoms with Crippen LogP contribution < -0.4 is 10.5 Å². The lowest BCUT2D eigenvalue weighted by Crippen LogP contribution is -2.31. The summed E-state index contributed by atoms with van der Waals surface area (Å²) in [6.07, 6.45) is 3.44. The summed E-state index contributed by atoms with van der Waals surface area (Å²) >= 11 is 0. The SMILES string of the molecule is CN(Cc1cccnc1)C(=O)COc1ccccc1N. The van der Waals surface area contributed by atoms with Gasteiger partial charge in [0, 0.05) is 26.0 Å². The zero-order valence-corrected chi connectivity index (χ0v) is 11.3. The van der Waals surface area contributed by atoms with Gasteiger partial charge >= 0.3 is 0 Å². The number of nitrogen functional groups attached to an aromatic ring is 1. The van der Waals surface area contributed by atoms with Crippen LogP contribution in [0.25, 0.3) is 0 Å². The Balaban J connectivity index is 1.87. The molecule has 20 heavy (non-hydrogen) atoms. The van der Waals surface area contributed by atoms with Gasteiger partial charge in [0.2, 0.25) is 0 Å². The van der Waals surface area contributed by atoms with Gasteiger partial charge in [-0.15, -0.1) is 0 Å². The number of nitrogens with two attached hydrogens (primary N) is 1. The Morgan fingerprint density at radius 1 is 1.30 bits per heavy atom. The van der Waals surface area contributed by atoms with Crippen LogP contribution in [0.2, 0.25) is 0 Å². The highest BCUT2D eigenvalue weighted by molar-refractivity contribution is 5.77. The molecule has 0 saturated heterocycles. The summed E-state index contributed by atoms with van der Waals surface area (Å²) in [7, 11) is 1.73. The average molecular weight is 271 g/mol. The van der Waals surface area contributed by atoms with Gasteiger partial charge < -0.3 is 15.4 Å². The third-order valence-corrected chi connectivity index (χ3v) is 2.84. The molecule has 0 saturated carbocycles. The van der Waals surface area contributed by atoms with Crippen molar-refractivity contribution in [1.29, 1.82) is 0 Å². The summed E-state index contributed by atoms with van der Waals surface area (Å²) in [6, 6.07) is 10.9. The number of para-hydroxylation sites is 2. The maximum Gasteiger partial charge on any atom is 0.260 e. The van der Waals surface area contributed by atoms with Gasteiger partial charge in [0.05, 0.1) is 5.69 Å². The number of carbonyl (C=O) groups is 1. The lowest BCUT2D eigenvalue weighted by Gasteiger charge is -2.17. The molecule has 0 atom stereocenters. The first kappa shape index (κ1) is 13.9. The van der Waals surface area contributed by atoms with Crippen LogP contribution in [0.5, 0.6) is 5.75 Å². The summed E-state index contributed by atoms with van der Waals surface area (Å²) in [6.45, 7) is 0.464. The molecule has 5 nitrogen and oxygen atoms in total. The fraction of sp³-hybridized carbons (Fsp3) is 0.200. The first-order chi connectivity index (χ1) is 9.66. The second-order valence-corrected chi connectivity index (χ2v) is 4.44. The monoisotopic (exact) mass is 271 g/mol. The van der Waals surface area contributed by atoms with Crippen molar-refractivity contribution in [2.24, 2.45) is 0 Å². The Kier molecular flexibility index (Phi) is 4.55. The van der Waals surface area contributed by atoms with E-state index in [1.54, 1.807) is 36.5 Å². The summed E-state index contributed by atoms with van der Waals surface area (Å²) in [4.78, 5) is 17.6. The minimum absolute atomic E-state index is 0.0367. The van der Waals surface area contributed by atoms with E-state index >= 15 is 0 Å². The Bertz CT molecular complexity index is 572. The van der Waals surface area contributed by atoms with Gasteiger partial charge in [-0.25, -0.2) is 0 Å². The zero-order chi connectivity index (χ0) is 14.4. The van der Waals surface area contributed by atoms with E-state index in [1.165, 1.54) is 0 Å². The van der Waals surface area contributed by atoms with Crippen molar-refractivity contribution in [2.45, 2.75) is 6.54 Å². The average Bonchev–Trinajstić information content (AvgIpc) is 2.47. The molecule has 0 bridgehead atoms. The van der Waals surface area contributed by atoms with E-state index in [-0.39, 0.29) is 12.5 Å². The molecule has 5 heteroatoms. The first-order valence-electron chi connectivity index (χ1n) is 6.27. The van der Waals surface area contributed by atoms with E-state index in [1.807, 2.05) is 24.3 Å². The number of hydrogen-bond donors (Lipinski definition) is 1. The second kappa shape index (κ2) is 6.56. The predicted molar refractivity (Wildman–Crippen MR) is 77.1 cm³/mol. The minimum Gasteiger partial charge on any atom is -0.482 e. The highest BCUT2D eigenvalue weighted by Gasteiger charge is 2.11. The molecule has 1 amide bonds. The van der Waals surface area contributed by atoms with E-state index in [0.29, 0.717) is 18.0 Å². The second-order valence-electron chi connectivity index (χ2n) is 4.44. The summed E-state index contributed by atoms with van der Waals surface area (Å²) < 4.78 is 5.43. The molecule has 1 aromatic heterocycles. The number of aromatic nitrogens is 1. The topological polar surface area (TPSA) is 68.5 Å². The van der Waals surface area contributed by atoms with Gasteiger partial charge in [-0.3, -0.25) is 9.78 Å². The molecule has 0 fully saturated rings. The number of carbonyl (C=O) groups excluding carboxylic acids is 1. The maximum absolute atomic E-state index is 12.0. The van der Waals surface area contributed by atoms with Crippen LogP contribution in [-0.2, 0) is 11.3 Å². The van der Waals surface area contributed by atoms with E-state index in [0.717, 1.165) is 5.56 Å². The Hall–Kier alpha value is -2.56. The normalized spacial score (nSPS) is 10.1. The van der Waals surface area contributed by atoms with Gasteiger partial charge in [0.25, 0.3) is 5.91 Å². The van der Waals surface area contributed by atoms with Crippen molar-refractivity contribution < 1.29 is 9.53 Å². The molecule has 104 valence electrons. The highest BCUT2D eigenvalue weighted by atomic mass is 16.5. The van der Waals surface area contributed by atoms with Crippen LogP contribution in [0, 0.1) is 0 Å². The number of likely N-dealkylation sites (N-methyl/N-ethyl adjacent to an activating group) is 1. The molecule has 0 spiro atoms. The molecule has 2 aromatic rings. The minimum atomic E-state index is -0.114. The molecule has 2 rings (SSSR count). The Morgan fingerprint density at radius 3 is 2.80 bits per heavy atom. The number of benzene rings is 1. The fourth-order valence-corrected chi connectivity index (χ4v) is 1.72. The largest absolute Gasteiger partial charge is 0.482 e. The number of anilines is 1. The van der Waals surface area contributed by atoms with E-state index < -0.39 is 0 Å². The van der Waals surface area contributed by atoms with E-state index in [9.17, 15) is 4.79 Å². The number of amides is 1. The number of pyridine rings is 1. The quantitative estimate of drug-likeness (QED) is 0.840. The molecule has 0 aliphatic carbocycles. The third kappa shape index (κ3) is 3.71. The molecule has 1 heterocycles. The first-order valence-corrected chi connectivity index (χ1v) is 6.27. The van der Waals surface area contributed by atoms with Crippen LogP contribution in [0.3, 0.4) is 0 Å². The van der Waals surface area contributed by atoms with Crippen LogP contribution in [0.15, 0.2) is 48.8 Å². The van der Waals surface area contributed by atoms with Crippen LogP contribution in [0.1, 0.15) is 5.56 Å². The van der Waals surface area contributed by atoms with Gasteiger partial charge in [0.1, 0.15) is 5.75 Å². The molecule has 0 radical (unpaired) electrons. The summed E-state index contributed by atoms with van der Waals surface area (Å²) in [5, 5.41) is 0. The molecular weight excluding hydrogens is 254 g/mol. The van der Waals surface area contributed by atoms with Crippen LogP contribution >= 0.6 is 0 Å². The summed E-state index contributed by atoms with van der Waals surface area (Å²) in [5.74, 6) is 0.410. The van der Waals surface area contributed by atoms with Gasteiger partial charge in [-0.1, -0.05) is 18.2 Å². The van der Waals surface area contributed by atoms with Crippen molar-refractivity contribution in [3.05, 3.63) is 54.4 Å². The lowest BCUT2D eigenvalue weighted by molar-refractivity contribution is -0.132. The van der Waals surface area contributed by atoms with Gasteiger partial charge in [0.15, 0.2) is 6.61 Å². The van der Waals surface area contributed by atoms with Crippen LogP contribution in [-0.4, -0.2) is 29.4 Å². The lowest BCUT2D eigenvalue weighted by atomic mass is 10.2. The maximum atomic E-state index is 12.0. The van der Waals surface area contributed by atoms with Gasteiger partial charge in [-0.2, -0.15) is 0 Å². The number of nitrogens with zero attached hydrogens (tertiary/aromatic N) is 2.